The molecule has 1 unspecified atom stereocenters. The second kappa shape index (κ2) is 8.23. The SMILES string of the molecule is CCC(C(=O)N1CCC(C(=O)c2nc3ccccc3s2)CC1)c1ccccc1. The van der Waals surface area contributed by atoms with Gasteiger partial charge in [0.25, 0.3) is 0 Å². The molecule has 1 amide bonds. The van der Waals surface area contributed by atoms with Crippen molar-refractivity contribution < 1.29 is 9.59 Å². The molecule has 2 aromatic carbocycles. The van der Waals surface area contributed by atoms with Gasteiger partial charge in [-0.05, 0) is 37.0 Å². The molecule has 0 N–H and O–H groups in total. The molecule has 1 fully saturated rings. The minimum Gasteiger partial charge on any atom is -0.342 e. The van der Waals surface area contributed by atoms with E-state index in [0.29, 0.717) is 30.9 Å². The number of hydrogen-bond acceptors (Lipinski definition) is 4. The van der Waals surface area contributed by atoms with Crippen LogP contribution in [0.3, 0.4) is 0 Å². The zero-order chi connectivity index (χ0) is 19.5. The molecule has 5 heteroatoms. The highest BCUT2D eigenvalue weighted by molar-refractivity contribution is 7.20. The molecule has 0 saturated carbocycles. The second-order valence-electron chi connectivity index (χ2n) is 7.32. The molecule has 144 valence electrons. The van der Waals surface area contributed by atoms with Gasteiger partial charge in [0.15, 0.2) is 10.8 Å². The van der Waals surface area contributed by atoms with E-state index in [-0.39, 0.29) is 23.5 Å². The van der Waals surface area contributed by atoms with Crippen molar-refractivity contribution >= 4 is 33.2 Å². The van der Waals surface area contributed by atoms with E-state index in [1.807, 2.05) is 59.5 Å². The van der Waals surface area contributed by atoms with Crippen molar-refractivity contribution in [1.82, 2.24) is 9.88 Å². The minimum absolute atomic E-state index is 0.0404. The van der Waals surface area contributed by atoms with Crippen molar-refractivity contribution in [2.45, 2.75) is 32.1 Å². The first kappa shape index (κ1) is 18.8. The Morgan fingerprint density at radius 1 is 1.07 bits per heavy atom. The number of Topliss-reactive ketones (excluding diaryl/α,β-unsaturated/α-hetero) is 1. The van der Waals surface area contributed by atoms with E-state index in [4.69, 9.17) is 0 Å². The molecule has 4 rings (SSSR count). The maximum Gasteiger partial charge on any atom is 0.230 e. The first-order valence-electron chi connectivity index (χ1n) is 9.91. The molecule has 1 atom stereocenters. The Hall–Kier alpha value is -2.53. The van der Waals surface area contributed by atoms with E-state index in [9.17, 15) is 9.59 Å². The van der Waals surface area contributed by atoms with Gasteiger partial charge >= 0.3 is 0 Å². The number of benzene rings is 2. The highest BCUT2D eigenvalue weighted by Crippen LogP contribution is 2.29. The molecule has 1 aliphatic heterocycles. The zero-order valence-corrected chi connectivity index (χ0v) is 16.8. The average Bonchev–Trinajstić information content (AvgIpc) is 3.19. The summed E-state index contributed by atoms with van der Waals surface area (Å²) in [5.41, 5.74) is 1.96. The van der Waals surface area contributed by atoms with Crippen molar-refractivity contribution in [2.24, 2.45) is 5.92 Å². The fourth-order valence-corrected chi connectivity index (χ4v) is 4.96. The molecule has 4 nitrogen and oxygen atoms in total. The van der Waals surface area contributed by atoms with Crippen LogP contribution in [0.1, 0.15) is 47.5 Å². The van der Waals surface area contributed by atoms with Crippen LogP contribution in [0.4, 0.5) is 0 Å². The Kier molecular flexibility index (Phi) is 5.53. The summed E-state index contributed by atoms with van der Waals surface area (Å²) in [6.07, 6.45) is 2.21. The van der Waals surface area contributed by atoms with Crippen LogP contribution in [-0.4, -0.2) is 34.7 Å². The van der Waals surface area contributed by atoms with Crippen molar-refractivity contribution in [3.8, 4) is 0 Å². The summed E-state index contributed by atoms with van der Waals surface area (Å²) >= 11 is 1.47. The summed E-state index contributed by atoms with van der Waals surface area (Å²) in [5.74, 6) is 0.169. The van der Waals surface area contributed by atoms with E-state index >= 15 is 0 Å². The Balaban J connectivity index is 1.41. The molecular weight excluding hydrogens is 368 g/mol. The monoisotopic (exact) mass is 392 g/mol. The van der Waals surface area contributed by atoms with Gasteiger partial charge in [-0.25, -0.2) is 4.98 Å². The quantitative estimate of drug-likeness (QED) is 0.580. The molecule has 0 radical (unpaired) electrons. The van der Waals surface area contributed by atoms with Crippen LogP contribution in [0, 0.1) is 5.92 Å². The van der Waals surface area contributed by atoms with Crippen LogP contribution >= 0.6 is 11.3 Å². The molecule has 1 aliphatic rings. The highest BCUT2D eigenvalue weighted by Gasteiger charge is 2.32. The number of aromatic nitrogens is 1. The fourth-order valence-electron chi connectivity index (χ4n) is 3.97. The molecule has 0 spiro atoms. The summed E-state index contributed by atoms with van der Waals surface area (Å²) in [4.78, 5) is 32.4. The third-order valence-corrected chi connectivity index (χ3v) is 6.64. The zero-order valence-electron chi connectivity index (χ0n) is 16.0. The largest absolute Gasteiger partial charge is 0.342 e. The Labute approximate surface area is 169 Å². The van der Waals surface area contributed by atoms with Crippen LogP contribution in [0.15, 0.2) is 54.6 Å². The lowest BCUT2D eigenvalue weighted by Gasteiger charge is -2.33. The van der Waals surface area contributed by atoms with Crippen molar-refractivity contribution in [2.75, 3.05) is 13.1 Å². The van der Waals surface area contributed by atoms with Gasteiger partial charge in [0.05, 0.1) is 16.1 Å². The summed E-state index contributed by atoms with van der Waals surface area (Å²) in [5, 5.41) is 0.599. The van der Waals surface area contributed by atoms with Gasteiger partial charge in [-0.15, -0.1) is 11.3 Å². The molecule has 1 saturated heterocycles. The summed E-state index contributed by atoms with van der Waals surface area (Å²) in [7, 11) is 0. The van der Waals surface area contributed by atoms with E-state index < -0.39 is 0 Å². The molecule has 2 heterocycles. The number of carbonyl (C=O) groups is 2. The third kappa shape index (κ3) is 3.72. The first-order valence-corrected chi connectivity index (χ1v) is 10.7. The van der Waals surface area contributed by atoms with Crippen LogP contribution in [0.5, 0.6) is 0 Å². The Morgan fingerprint density at radius 2 is 1.75 bits per heavy atom. The number of amides is 1. The lowest BCUT2D eigenvalue weighted by atomic mass is 9.90. The third-order valence-electron chi connectivity index (χ3n) is 5.59. The maximum absolute atomic E-state index is 13.0. The molecular formula is C23H24N2O2S. The molecule has 0 bridgehead atoms. The van der Waals surface area contributed by atoms with Crippen LogP contribution in [0.25, 0.3) is 10.2 Å². The van der Waals surface area contributed by atoms with Gasteiger partial charge in [0, 0.05) is 19.0 Å². The average molecular weight is 393 g/mol. The van der Waals surface area contributed by atoms with Gasteiger partial charge in [0.2, 0.25) is 5.91 Å². The van der Waals surface area contributed by atoms with E-state index in [1.54, 1.807) is 0 Å². The number of likely N-dealkylation sites (tertiary alicyclic amines) is 1. The molecule has 0 aliphatic carbocycles. The number of fused-ring (bicyclic) bond motifs is 1. The summed E-state index contributed by atoms with van der Waals surface area (Å²) in [6, 6.07) is 17.8. The first-order chi connectivity index (χ1) is 13.7. The number of rotatable bonds is 5. The lowest BCUT2D eigenvalue weighted by molar-refractivity contribution is -0.134. The number of piperidine rings is 1. The predicted molar refractivity (Wildman–Crippen MR) is 113 cm³/mol. The fraction of sp³-hybridized carbons (Fsp3) is 0.348. The van der Waals surface area contributed by atoms with Gasteiger partial charge < -0.3 is 4.90 Å². The Bertz CT molecular complexity index is 941. The number of ketones is 1. The van der Waals surface area contributed by atoms with Gasteiger partial charge in [-0.2, -0.15) is 0 Å². The molecule has 1 aromatic heterocycles. The van der Waals surface area contributed by atoms with Crippen molar-refractivity contribution in [3.05, 3.63) is 65.2 Å². The normalized spacial score (nSPS) is 16.2. The van der Waals surface area contributed by atoms with Gasteiger partial charge in [-0.1, -0.05) is 49.4 Å². The van der Waals surface area contributed by atoms with Gasteiger partial charge in [-0.3, -0.25) is 9.59 Å². The number of thiazole rings is 1. The number of hydrogen-bond donors (Lipinski definition) is 0. The van der Waals surface area contributed by atoms with Crippen LogP contribution < -0.4 is 0 Å². The summed E-state index contributed by atoms with van der Waals surface area (Å²) < 4.78 is 1.05. The molecule has 3 aromatic rings. The maximum atomic E-state index is 13.0. The number of carbonyl (C=O) groups excluding carboxylic acids is 2. The van der Waals surface area contributed by atoms with Crippen molar-refractivity contribution in [3.63, 3.8) is 0 Å². The standard InChI is InChI=1S/C23H24N2O2S/c1-2-18(16-8-4-3-5-9-16)23(27)25-14-12-17(13-15-25)21(26)22-24-19-10-6-7-11-20(19)28-22/h3-11,17-18H,2,12-15H2,1H3. The van der Waals surface area contributed by atoms with E-state index in [1.165, 1.54) is 11.3 Å². The lowest BCUT2D eigenvalue weighted by Crippen LogP contribution is -2.42. The number of para-hydroxylation sites is 1. The summed E-state index contributed by atoms with van der Waals surface area (Å²) in [6.45, 7) is 3.34. The minimum atomic E-state index is -0.0993. The smallest absolute Gasteiger partial charge is 0.230 e. The van der Waals surface area contributed by atoms with E-state index in [0.717, 1.165) is 22.2 Å². The number of nitrogens with zero attached hydrogens (tertiary/aromatic N) is 2. The van der Waals surface area contributed by atoms with Crippen LogP contribution in [0.2, 0.25) is 0 Å². The predicted octanol–water partition coefficient (Wildman–Crippen LogP) is 4.91. The van der Waals surface area contributed by atoms with E-state index in [2.05, 4.69) is 11.9 Å². The van der Waals surface area contributed by atoms with Crippen molar-refractivity contribution in [1.29, 1.82) is 0 Å². The topological polar surface area (TPSA) is 50.3 Å². The highest BCUT2D eigenvalue weighted by atomic mass is 32.1. The van der Waals surface area contributed by atoms with Crippen LogP contribution in [-0.2, 0) is 4.79 Å². The molecule has 28 heavy (non-hydrogen) atoms. The second-order valence-corrected chi connectivity index (χ2v) is 8.35. The van der Waals surface area contributed by atoms with Gasteiger partial charge in [0.1, 0.15) is 0 Å². The Morgan fingerprint density at radius 3 is 2.43 bits per heavy atom.